The van der Waals surface area contributed by atoms with Gasteiger partial charge in [0.2, 0.25) is 0 Å². The summed E-state index contributed by atoms with van der Waals surface area (Å²) in [5.41, 5.74) is 1.67. The van der Waals surface area contributed by atoms with Crippen molar-refractivity contribution in [2.24, 2.45) is 0 Å². The second kappa shape index (κ2) is 9.50. The summed E-state index contributed by atoms with van der Waals surface area (Å²) >= 11 is 0. The standard InChI is InChI=1S/C17H29N3O/c1-5-17(21)16-11-10-15(14-18-16)20(8-4)13-9-12-19(6-2)7-3/h10-11,14H,5-9,12-13H2,1-4H3. The lowest BCUT2D eigenvalue weighted by atomic mass is 10.2. The van der Waals surface area contributed by atoms with E-state index >= 15 is 0 Å². The molecule has 1 heterocycles. The minimum absolute atomic E-state index is 0.103. The van der Waals surface area contributed by atoms with Gasteiger partial charge < -0.3 is 9.80 Å². The third-order valence-corrected chi connectivity index (χ3v) is 3.90. The van der Waals surface area contributed by atoms with Gasteiger partial charge in [-0.05, 0) is 45.1 Å². The Morgan fingerprint density at radius 3 is 2.24 bits per heavy atom. The van der Waals surface area contributed by atoms with Crippen LogP contribution in [0.25, 0.3) is 0 Å². The van der Waals surface area contributed by atoms with Crippen LogP contribution in [-0.4, -0.2) is 48.4 Å². The first-order valence-electron chi connectivity index (χ1n) is 8.12. The molecule has 1 aromatic heterocycles. The number of nitrogens with zero attached hydrogens (tertiary/aromatic N) is 3. The number of pyridine rings is 1. The summed E-state index contributed by atoms with van der Waals surface area (Å²) in [6.07, 6.45) is 3.47. The molecule has 0 saturated heterocycles. The van der Waals surface area contributed by atoms with E-state index in [2.05, 4.69) is 35.6 Å². The van der Waals surface area contributed by atoms with Crippen molar-refractivity contribution in [1.29, 1.82) is 0 Å². The Morgan fingerprint density at radius 1 is 1.05 bits per heavy atom. The number of ketones is 1. The molecule has 1 aromatic rings. The number of carbonyl (C=O) groups is 1. The maximum Gasteiger partial charge on any atom is 0.180 e. The summed E-state index contributed by atoms with van der Waals surface area (Å²) in [7, 11) is 0. The van der Waals surface area contributed by atoms with Crippen LogP contribution in [0, 0.1) is 0 Å². The van der Waals surface area contributed by atoms with Crippen molar-refractivity contribution in [3.8, 4) is 0 Å². The molecule has 0 aromatic carbocycles. The van der Waals surface area contributed by atoms with Gasteiger partial charge in [-0.2, -0.15) is 0 Å². The van der Waals surface area contributed by atoms with Gasteiger partial charge in [0, 0.05) is 19.5 Å². The molecule has 0 fully saturated rings. The Morgan fingerprint density at radius 2 is 1.76 bits per heavy atom. The number of Topliss-reactive ketones (excluding diaryl/α,β-unsaturated/α-hetero) is 1. The van der Waals surface area contributed by atoms with Gasteiger partial charge in [0.15, 0.2) is 5.78 Å². The highest BCUT2D eigenvalue weighted by Gasteiger charge is 2.08. The predicted octanol–water partition coefficient (Wildman–Crippen LogP) is 3.23. The Balaban J connectivity index is 2.57. The number of rotatable bonds is 10. The molecule has 21 heavy (non-hydrogen) atoms. The second-order valence-corrected chi connectivity index (χ2v) is 5.14. The van der Waals surface area contributed by atoms with Gasteiger partial charge in [0.05, 0.1) is 11.9 Å². The molecule has 0 bridgehead atoms. The molecule has 0 amide bonds. The third kappa shape index (κ3) is 5.46. The van der Waals surface area contributed by atoms with E-state index in [1.807, 2.05) is 25.3 Å². The van der Waals surface area contributed by atoms with Crippen LogP contribution < -0.4 is 4.90 Å². The van der Waals surface area contributed by atoms with Crippen molar-refractivity contribution in [1.82, 2.24) is 9.88 Å². The second-order valence-electron chi connectivity index (χ2n) is 5.14. The quantitative estimate of drug-likeness (QED) is 0.620. The van der Waals surface area contributed by atoms with Gasteiger partial charge in [-0.3, -0.25) is 9.78 Å². The van der Waals surface area contributed by atoms with Gasteiger partial charge in [-0.25, -0.2) is 0 Å². The summed E-state index contributed by atoms with van der Waals surface area (Å²) < 4.78 is 0. The molecule has 118 valence electrons. The van der Waals surface area contributed by atoms with Gasteiger partial charge in [-0.1, -0.05) is 20.8 Å². The molecule has 0 aliphatic carbocycles. The molecule has 0 radical (unpaired) electrons. The van der Waals surface area contributed by atoms with Gasteiger partial charge in [0.25, 0.3) is 0 Å². The van der Waals surface area contributed by atoms with Crippen LogP contribution in [0.15, 0.2) is 18.3 Å². The SMILES string of the molecule is CCC(=O)c1ccc(N(CC)CCCN(CC)CC)cn1. The van der Waals surface area contributed by atoms with Crippen molar-refractivity contribution in [3.63, 3.8) is 0 Å². The van der Waals surface area contributed by atoms with E-state index in [9.17, 15) is 4.79 Å². The normalized spacial score (nSPS) is 10.9. The van der Waals surface area contributed by atoms with Crippen LogP contribution in [0.5, 0.6) is 0 Å². The fourth-order valence-electron chi connectivity index (χ4n) is 2.41. The molecular formula is C17H29N3O. The average Bonchev–Trinajstić information content (AvgIpc) is 2.55. The van der Waals surface area contributed by atoms with Crippen LogP contribution in [-0.2, 0) is 0 Å². The highest BCUT2D eigenvalue weighted by Crippen LogP contribution is 2.14. The fraction of sp³-hybridized carbons (Fsp3) is 0.647. The summed E-state index contributed by atoms with van der Waals surface area (Å²) in [6, 6.07) is 3.85. The zero-order valence-electron chi connectivity index (χ0n) is 13.9. The van der Waals surface area contributed by atoms with Crippen LogP contribution in [0.4, 0.5) is 5.69 Å². The van der Waals surface area contributed by atoms with Crippen molar-refractivity contribution in [2.45, 2.75) is 40.5 Å². The number of hydrogen-bond acceptors (Lipinski definition) is 4. The highest BCUT2D eigenvalue weighted by atomic mass is 16.1. The molecule has 4 nitrogen and oxygen atoms in total. The summed E-state index contributed by atoms with van der Waals surface area (Å²) in [4.78, 5) is 20.6. The van der Waals surface area contributed by atoms with Gasteiger partial charge in [-0.15, -0.1) is 0 Å². The first-order chi connectivity index (χ1) is 10.2. The van der Waals surface area contributed by atoms with E-state index < -0.39 is 0 Å². The first kappa shape index (κ1) is 17.6. The van der Waals surface area contributed by atoms with E-state index in [0.717, 1.165) is 44.8 Å². The van der Waals surface area contributed by atoms with Crippen LogP contribution in [0.2, 0.25) is 0 Å². The minimum atomic E-state index is 0.103. The Hall–Kier alpha value is -1.42. The monoisotopic (exact) mass is 291 g/mol. The van der Waals surface area contributed by atoms with Crippen molar-refractivity contribution in [2.75, 3.05) is 37.6 Å². The number of aromatic nitrogens is 1. The predicted molar refractivity (Wildman–Crippen MR) is 89.2 cm³/mol. The number of anilines is 1. The lowest BCUT2D eigenvalue weighted by Gasteiger charge is -2.25. The van der Waals surface area contributed by atoms with E-state index in [1.54, 1.807) is 0 Å². The molecule has 0 aliphatic rings. The summed E-state index contributed by atoms with van der Waals surface area (Å²) in [6.45, 7) is 13.8. The average molecular weight is 291 g/mol. The maximum atomic E-state index is 11.6. The van der Waals surface area contributed by atoms with E-state index in [-0.39, 0.29) is 5.78 Å². The third-order valence-electron chi connectivity index (χ3n) is 3.90. The van der Waals surface area contributed by atoms with Crippen LogP contribution in [0.3, 0.4) is 0 Å². The lowest BCUT2D eigenvalue weighted by Crippen LogP contribution is -2.30. The zero-order chi connectivity index (χ0) is 15.7. The first-order valence-corrected chi connectivity index (χ1v) is 8.12. The fourth-order valence-corrected chi connectivity index (χ4v) is 2.41. The van der Waals surface area contributed by atoms with Crippen LogP contribution in [0.1, 0.15) is 51.0 Å². The number of carbonyl (C=O) groups excluding carboxylic acids is 1. The number of hydrogen-bond donors (Lipinski definition) is 0. The molecule has 4 heteroatoms. The van der Waals surface area contributed by atoms with Gasteiger partial charge >= 0.3 is 0 Å². The minimum Gasteiger partial charge on any atom is -0.371 e. The summed E-state index contributed by atoms with van der Waals surface area (Å²) in [5.74, 6) is 0.103. The van der Waals surface area contributed by atoms with Gasteiger partial charge in [0.1, 0.15) is 5.69 Å². The van der Waals surface area contributed by atoms with Crippen molar-refractivity contribution >= 4 is 11.5 Å². The van der Waals surface area contributed by atoms with E-state index in [4.69, 9.17) is 0 Å². The maximum absolute atomic E-state index is 11.6. The Kier molecular flexibility index (Phi) is 7.98. The summed E-state index contributed by atoms with van der Waals surface area (Å²) in [5, 5.41) is 0. The Bertz CT molecular complexity index is 413. The molecule has 1 rings (SSSR count). The molecule has 0 aliphatic heterocycles. The molecule has 0 atom stereocenters. The van der Waals surface area contributed by atoms with Crippen molar-refractivity contribution < 1.29 is 4.79 Å². The molecule has 0 N–H and O–H groups in total. The largest absolute Gasteiger partial charge is 0.371 e. The van der Waals surface area contributed by atoms with E-state index in [0.29, 0.717) is 12.1 Å². The molecular weight excluding hydrogens is 262 g/mol. The molecule has 0 unspecified atom stereocenters. The zero-order valence-corrected chi connectivity index (χ0v) is 13.9. The smallest absolute Gasteiger partial charge is 0.180 e. The Labute approximate surface area is 129 Å². The highest BCUT2D eigenvalue weighted by molar-refractivity contribution is 5.94. The van der Waals surface area contributed by atoms with Crippen LogP contribution >= 0.6 is 0 Å². The van der Waals surface area contributed by atoms with E-state index in [1.165, 1.54) is 0 Å². The topological polar surface area (TPSA) is 36.4 Å². The van der Waals surface area contributed by atoms with Crippen molar-refractivity contribution in [3.05, 3.63) is 24.0 Å². The molecule has 0 saturated carbocycles. The molecule has 0 spiro atoms. The lowest BCUT2D eigenvalue weighted by molar-refractivity contribution is 0.0983.